The Morgan fingerprint density at radius 3 is 2.65 bits per heavy atom. The van der Waals surface area contributed by atoms with E-state index in [0.717, 1.165) is 36.2 Å². The molecular weight excluding hydrogens is 308 g/mol. The van der Waals surface area contributed by atoms with Crippen molar-refractivity contribution in [2.24, 2.45) is 4.99 Å². The van der Waals surface area contributed by atoms with Gasteiger partial charge in [0, 0.05) is 24.2 Å². The van der Waals surface area contributed by atoms with Crippen molar-refractivity contribution < 1.29 is 4.74 Å². The fourth-order valence-electron chi connectivity index (χ4n) is 2.09. The maximum Gasteiger partial charge on any atom is 0.191 e. The Hall–Kier alpha value is -2.08. The van der Waals surface area contributed by atoms with Crippen molar-refractivity contribution >= 4 is 17.3 Å². The van der Waals surface area contributed by atoms with Gasteiger partial charge in [-0.05, 0) is 38.0 Å². The molecule has 0 saturated carbocycles. The third-order valence-corrected chi connectivity index (χ3v) is 4.17. The van der Waals surface area contributed by atoms with Crippen LogP contribution < -0.4 is 15.4 Å². The summed E-state index contributed by atoms with van der Waals surface area (Å²) in [7, 11) is 1.68. The van der Waals surface area contributed by atoms with E-state index < -0.39 is 0 Å². The normalized spacial score (nSPS) is 11.3. The van der Waals surface area contributed by atoms with Gasteiger partial charge >= 0.3 is 0 Å². The molecule has 0 aliphatic rings. The second-order valence-electron chi connectivity index (χ2n) is 5.07. The second kappa shape index (κ2) is 9.15. The van der Waals surface area contributed by atoms with Gasteiger partial charge in [-0.3, -0.25) is 0 Å². The average Bonchev–Trinajstić information content (AvgIpc) is 2.99. The van der Waals surface area contributed by atoms with Gasteiger partial charge in [-0.2, -0.15) is 0 Å². The molecule has 2 N–H and O–H groups in total. The smallest absolute Gasteiger partial charge is 0.191 e. The molecule has 0 atom stereocenters. The Morgan fingerprint density at radius 2 is 2.04 bits per heavy atom. The molecule has 23 heavy (non-hydrogen) atoms. The van der Waals surface area contributed by atoms with Crippen molar-refractivity contribution in [3.63, 3.8) is 0 Å². The molecule has 0 aliphatic carbocycles. The summed E-state index contributed by atoms with van der Waals surface area (Å²) >= 11 is 1.69. The largest absolute Gasteiger partial charge is 0.497 e. The second-order valence-corrected chi connectivity index (χ2v) is 6.38. The van der Waals surface area contributed by atoms with Crippen LogP contribution in [0.5, 0.6) is 5.75 Å². The molecule has 0 radical (unpaired) electrons. The Labute approximate surface area is 141 Å². The van der Waals surface area contributed by atoms with Gasteiger partial charge < -0.3 is 15.4 Å². The summed E-state index contributed by atoms with van der Waals surface area (Å²) in [6.45, 7) is 6.41. The van der Waals surface area contributed by atoms with Crippen LogP contribution in [0.4, 0.5) is 0 Å². The Balaban J connectivity index is 1.83. The lowest BCUT2D eigenvalue weighted by Gasteiger charge is -2.11. The number of hydrogen-bond acceptors (Lipinski definition) is 4. The summed E-state index contributed by atoms with van der Waals surface area (Å²) in [5.41, 5.74) is 1.27. The molecule has 124 valence electrons. The molecule has 0 spiro atoms. The summed E-state index contributed by atoms with van der Waals surface area (Å²) in [6, 6.07) is 8.15. The predicted octanol–water partition coefficient (Wildman–Crippen LogP) is 2.76. The molecule has 1 aromatic carbocycles. The van der Waals surface area contributed by atoms with Gasteiger partial charge in [0.15, 0.2) is 5.96 Å². The fourth-order valence-corrected chi connectivity index (χ4v) is 2.81. The first-order valence-electron chi connectivity index (χ1n) is 7.77. The molecule has 0 amide bonds. The van der Waals surface area contributed by atoms with E-state index in [-0.39, 0.29) is 0 Å². The van der Waals surface area contributed by atoms with Gasteiger partial charge in [0.1, 0.15) is 5.75 Å². The van der Waals surface area contributed by atoms with Crippen molar-refractivity contribution in [2.75, 3.05) is 20.2 Å². The quantitative estimate of drug-likeness (QED) is 0.605. The monoisotopic (exact) mass is 332 g/mol. The predicted molar refractivity (Wildman–Crippen MR) is 96.4 cm³/mol. The number of ether oxygens (including phenoxy) is 1. The highest BCUT2D eigenvalue weighted by molar-refractivity contribution is 7.11. The van der Waals surface area contributed by atoms with Gasteiger partial charge in [-0.25, -0.2) is 9.98 Å². The number of rotatable bonds is 7. The van der Waals surface area contributed by atoms with Gasteiger partial charge in [0.05, 0.1) is 18.7 Å². The highest BCUT2D eigenvalue weighted by Gasteiger charge is 2.01. The summed E-state index contributed by atoms with van der Waals surface area (Å²) in [4.78, 5) is 10.0. The van der Waals surface area contributed by atoms with E-state index in [1.165, 1.54) is 10.4 Å². The summed E-state index contributed by atoms with van der Waals surface area (Å²) in [6.07, 6.45) is 2.83. The van der Waals surface area contributed by atoms with E-state index >= 15 is 0 Å². The molecule has 1 aromatic heterocycles. The van der Waals surface area contributed by atoms with Crippen LogP contribution in [0.3, 0.4) is 0 Å². The number of methoxy groups -OCH3 is 1. The van der Waals surface area contributed by atoms with Crippen LogP contribution in [0.15, 0.2) is 35.5 Å². The zero-order valence-electron chi connectivity index (χ0n) is 13.9. The molecule has 1 heterocycles. The van der Waals surface area contributed by atoms with Crippen LogP contribution in [0, 0.1) is 6.92 Å². The van der Waals surface area contributed by atoms with Gasteiger partial charge in [-0.1, -0.05) is 12.1 Å². The van der Waals surface area contributed by atoms with Crippen molar-refractivity contribution in [1.82, 2.24) is 15.6 Å². The van der Waals surface area contributed by atoms with Crippen LogP contribution in [0.25, 0.3) is 0 Å². The molecule has 0 bridgehead atoms. The number of nitrogens with one attached hydrogen (secondary N) is 2. The number of guanidine groups is 1. The average molecular weight is 332 g/mol. The molecule has 2 aromatic rings. The van der Waals surface area contributed by atoms with Gasteiger partial charge in [-0.15, -0.1) is 11.3 Å². The minimum Gasteiger partial charge on any atom is -0.497 e. The number of aryl methyl sites for hydroxylation is 1. The topological polar surface area (TPSA) is 58.5 Å². The first-order valence-corrected chi connectivity index (χ1v) is 8.59. The van der Waals surface area contributed by atoms with E-state index in [1.54, 1.807) is 18.4 Å². The zero-order chi connectivity index (χ0) is 16.5. The van der Waals surface area contributed by atoms with Crippen LogP contribution in [-0.2, 0) is 13.0 Å². The molecule has 0 saturated heterocycles. The maximum atomic E-state index is 5.17. The number of aliphatic imine (C=N–C) groups is 1. The maximum absolute atomic E-state index is 5.17. The van der Waals surface area contributed by atoms with Crippen molar-refractivity contribution in [2.45, 2.75) is 26.8 Å². The van der Waals surface area contributed by atoms with E-state index in [0.29, 0.717) is 6.54 Å². The lowest BCUT2D eigenvalue weighted by Crippen LogP contribution is -2.38. The molecule has 0 aliphatic heterocycles. The van der Waals surface area contributed by atoms with Crippen LogP contribution in [0.1, 0.15) is 22.4 Å². The molecule has 0 fully saturated rings. The molecule has 5 nitrogen and oxygen atoms in total. The Bertz CT molecular complexity index is 622. The van der Waals surface area contributed by atoms with Crippen molar-refractivity contribution in [3.05, 3.63) is 45.9 Å². The highest BCUT2D eigenvalue weighted by atomic mass is 32.1. The summed E-state index contributed by atoms with van der Waals surface area (Å²) in [5, 5.41) is 7.71. The Morgan fingerprint density at radius 1 is 1.26 bits per heavy atom. The minimum atomic E-state index is 0.656. The molecule has 2 rings (SSSR count). The minimum absolute atomic E-state index is 0.656. The number of nitrogens with zero attached hydrogens (tertiary/aromatic N) is 2. The molecule has 6 heteroatoms. The van der Waals surface area contributed by atoms with Gasteiger partial charge in [0.25, 0.3) is 0 Å². The third kappa shape index (κ3) is 5.90. The zero-order valence-corrected chi connectivity index (χ0v) is 14.7. The molecule has 0 unspecified atom stereocenters. The fraction of sp³-hybridized carbons (Fsp3) is 0.412. The summed E-state index contributed by atoms with van der Waals surface area (Å²) in [5.74, 6) is 1.73. The number of benzene rings is 1. The van der Waals surface area contributed by atoms with Gasteiger partial charge in [0.2, 0.25) is 0 Å². The standard InChI is InChI=1S/C17H24N4OS/c1-4-18-17(21-12-16-11-20-13(2)23-16)19-10-9-14-5-7-15(22-3)8-6-14/h5-8,11H,4,9-10,12H2,1-3H3,(H2,18,19,21). The number of thiazole rings is 1. The third-order valence-electron chi connectivity index (χ3n) is 3.27. The number of hydrogen-bond donors (Lipinski definition) is 2. The van der Waals surface area contributed by atoms with E-state index in [4.69, 9.17) is 4.74 Å². The van der Waals surface area contributed by atoms with E-state index in [9.17, 15) is 0 Å². The number of aromatic nitrogens is 1. The highest BCUT2D eigenvalue weighted by Crippen LogP contribution is 2.12. The van der Waals surface area contributed by atoms with E-state index in [1.807, 2.05) is 25.3 Å². The first kappa shape index (κ1) is 17.3. The van der Waals surface area contributed by atoms with E-state index in [2.05, 4.69) is 39.7 Å². The van der Waals surface area contributed by atoms with Crippen molar-refractivity contribution in [3.8, 4) is 5.75 Å². The van der Waals surface area contributed by atoms with Crippen LogP contribution >= 0.6 is 11.3 Å². The lowest BCUT2D eigenvalue weighted by atomic mass is 10.1. The SMILES string of the molecule is CCNC(=NCc1cnc(C)s1)NCCc1ccc(OC)cc1. The first-order chi connectivity index (χ1) is 11.2. The van der Waals surface area contributed by atoms with Crippen LogP contribution in [-0.4, -0.2) is 31.1 Å². The van der Waals surface area contributed by atoms with Crippen molar-refractivity contribution in [1.29, 1.82) is 0 Å². The summed E-state index contributed by atoms with van der Waals surface area (Å²) < 4.78 is 5.17. The molecular formula is C17H24N4OS. The lowest BCUT2D eigenvalue weighted by molar-refractivity contribution is 0.414. The van der Waals surface area contributed by atoms with Crippen LogP contribution in [0.2, 0.25) is 0 Å². The Kier molecular flexibility index (Phi) is 6.87.